The van der Waals surface area contributed by atoms with Gasteiger partial charge in [0.05, 0.1) is 7.11 Å². The van der Waals surface area contributed by atoms with Crippen LogP contribution in [0.1, 0.15) is 0 Å². The van der Waals surface area contributed by atoms with Crippen molar-refractivity contribution in [3.8, 4) is 5.75 Å². The first-order valence-electron chi connectivity index (χ1n) is 3.45. The molecule has 0 N–H and O–H groups in total. The van der Waals surface area contributed by atoms with Crippen LogP contribution in [-0.2, 0) is 9.05 Å². The average molecular weight is 261 g/mol. The van der Waals surface area contributed by atoms with Gasteiger partial charge in [0.1, 0.15) is 5.82 Å². The summed E-state index contributed by atoms with van der Waals surface area (Å²) in [7, 11) is 1.01. The number of rotatable bonds is 2. The van der Waals surface area contributed by atoms with Crippen molar-refractivity contribution in [2.75, 3.05) is 7.11 Å². The molecule has 8 heteroatoms. The maximum Gasteiger partial charge on any atom is 0.267 e. The first kappa shape index (κ1) is 12.1. The van der Waals surface area contributed by atoms with Crippen LogP contribution < -0.4 is 4.74 Å². The van der Waals surface area contributed by atoms with Crippen molar-refractivity contribution in [3.63, 3.8) is 0 Å². The van der Waals surface area contributed by atoms with Gasteiger partial charge >= 0.3 is 0 Å². The van der Waals surface area contributed by atoms with E-state index in [1.807, 2.05) is 0 Å². The van der Waals surface area contributed by atoms with Crippen LogP contribution in [0.15, 0.2) is 11.0 Å². The summed E-state index contributed by atoms with van der Waals surface area (Å²) in [6.07, 6.45) is 0. The molecule has 0 aliphatic heterocycles. The molecule has 0 aromatic heterocycles. The first-order valence-corrected chi connectivity index (χ1v) is 5.76. The molecule has 1 aromatic rings. The molecule has 0 atom stereocenters. The molecular formula is C7H4ClF3O3S. The molecule has 0 bridgehead atoms. The summed E-state index contributed by atoms with van der Waals surface area (Å²) in [6, 6.07) is 0.397. The SMILES string of the molecule is COc1cc(F)c(S(=O)(=O)Cl)c(F)c1F. The predicted octanol–water partition coefficient (Wildman–Crippen LogP) is 2.04. The van der Waals surface area contributed by atoms with E-state index in [4.69, 9.17) is 10.7 Å². The summed E-state index contributed by atoms with van der Waals surface area (Å²) in [6.45, 7) is 0. The topological polar surface area (TPSA) is 43.4 Å². The summed E-state index contributed by atoms with van der Waals surface area (Å²) in [5.41, 5.74) is 0. The third-order valence-corrected chi connectivity index (χ3v) is 2.87. The van der Waals surface area contributed by atoms with Gasteiger partial charge in [-0.15, -0.1) is 0 Å². The van der Waals surface area contributed by atoms with E-state index in [9.17, 15) is 21.6 Å². The lowest BCUT2D eigenvalue weighted by molar-refractivity contribution is 0.359. The molecule has 0 saturated carbocycles. The van der Waals surface area contributed by atoms with Crippen LogP contribution in [0, 0.1) is 17.5 Å². The van der Waals surface area contributed by atoms with Crippen molar-refractivity contribution in [2.24, 2.45) is 0 Å². The van der Waals surface area contributed by atoms with E-state index in [0.29, 0.717) is 6.07 Å². The Morgan fingerprint density at radius 1 is 1.27 bits per heavy atom. The zero-order valence-electron chi connectivity index (χ0n) is 7.22. The molecule has 0 radical (unpaired) electrons. The Bertz CT molecular complexity index is 501. The molecule has 3 nitrogen and oxygen atoms in total. The van der Waals surface area contributed by atoms with Crippen molar-refractivity contribution < 1.29 is 26.3 Å². The van der Waals surface area contributed by atoms with Crippen LogP contribution in [0.4, 0.5) is 13.2 Å². The zero-order valence-corrected chi connectivity index (χ0v) is 8.79. The molecule has 0 fully saturated rings. The van der Waals surface area contributed by atoms with Gasteiger partial charge in [-0.3, -0.25) is 0 Å². The van der Waals surface area contributed by atoms with Crippen molar-refractivity contribution in [3.05, 3.63) is 23.5 Å². The van der Waals surface area contributed by atoms with Gasteiger partial charge in [-0.1, -0.05) is 0 Å². The fourth-order valence-electron chi connectivity index (χ4n) is 0.929. The molecule has 0 aliphatic rings. The summed E-state index contributed by atoms with van der Waals surface area (Å²) in [5, 5.41) is 0. The quantitative estimate of drug-likeness (QED) is 0.604. The molecule has 15 heavy (non-hydrogen) atoms. The van der Waals surface area contributed by atoms with E-state index < -0.39 is 37.1 Å². The van der Waals surface area contributed by atoms with Crippen LogP contribution in [0.5, 0.6) is 5.75 Å². The van der Waals surface area contributed by atoms with Crippen LogP contribution in [0.25, 0.3) is 0 Å². The molecule has 1 rings (SSSR count). The Balaban J connectivity index is 3.65. The highest BCUT2D eigenvalue weighted by Gasteiger charge is 2.27. The largest absolute Gasteiger partial charge is 0.493 e. The smallest absolute Gasteiger partial charge is 0.267 e. The van der Waals surface area contributed by atoms with Gasteiger partial charge < -0.3 is 4.74 Å². The molecule has 0 spiro atoms. The summed E-state index contributed by atoms with van der Waals surface area (Å²) in [4.78, 5) is -1.53. The molecule has 0 aliphatic carbocycles. The van der Waals surface area contributed by atoms with Gasteiger partial charge in [-0.25, -0.2) is 17.2 Å². The molecule has 0 saturated heterocycles. The van der Waals surface area contributed by atoms with E-state index in [1.165, 1.54) is 0 Å². The van der Waals surface area contributed by atoms with Crippen molar-refractivity contribution in [1.82, 2.24) is 0 Å². The Morgan fingerprint density at radius 2 is 1.80 bits per heavy atom. The first-order chi connectivity index (χ1) is 6.79. The predicted molar refractivity (Wildman–Crippen MR) is 45.9 cm³/mol. The maximum atomic E-state index is 13.0. The normalized spacial score (nSPS) is 11.5. The maximum absolute atomic E-state index is 13.0. The monoisotopic (exact) mass is 260 g/mol. The van der Waals surface area contributed by atoms with E-state index in [2.05, 4.69) is 4.74 Å². The van der Waals surface area contributed by atoms with Gasteiger partial charge in [0.25, 0.3) is 9.05 Å². The highest BCUT2D eigenvalue weighted by Crippen LogP contribution is 2.30. The highest BCUT2D eigenvalue weighted by atomic mass is 35.7. The standard InChI is InChI=1S/C7H4ClF3O3S/c1-14-4-2-3(9)7(15(8,12)13)6(11)5(4)10/h2H,1H3. The number of hydrogen-bond acceptors (Lipinski definition) is 3. The third kappa shape index (κ3) is 2.18. The second-order valence-electron chi connectivity index (χ2n) is 2.46. The van der Waals surface area contributed by atoms with Gasteiger partial charge in [0, 0.05) is 16.7 Å². The summed E-state index contributed by atoms with van der Waals surface area (Å²) >= 11 is 0. The number of methoxy groups -OCH3 is 1. The van der Waals surface area contributed by atoms with E-state index in [0.717, 1.165) is 7.11 Å². The minimum atomic E-state index is -4.68. The molecule has 0 amide bonds. The lowest BCUT2D eigenvalue weighted by Gasteiger charge is -2.06. The lowest BCUT2D eigenvalue weighted by Crippen LogP contribution is -2.04. The van der Waals surface area contributed by atoms with Crippen molar-refractivity contribution in [2.45, 2.75) is 4.90 Å². The van der Waals surface area contributed by atoms with Crippen LogP contribution in [0.2, 0.25) is 0 Å². The number of ether oxygens (including phenoxy) is 1. The minimum absolute atomic E-state index is 0.397. The number of hydrogen-bond donors (Lipinski definition) is 0. The molecule has 84 valence electrons. The third-order valence-electron chi connectivity index (χ3n) is 1.55. The van der Waals surface area contributed by atoms with Gasteiger partial charge in [0.15, 0.2) is 16.5 Å². The Labute approximate surface area is 87.8 Å². The van der Waals surface area contributed by atoms with Crippen LogP contribution in [-0.4, -0.2) is 15.5 Å². The number of halogens is 4. The van der Waals surface area contributed by atoms with Crippen LogP contribution >= 0.6 is 10.7 Å². The van der Waals surface area contributed by atoms with Gasteiger partial charge in [-0.05, 0) is 0 Å². The number of benzene rings is 1. The van der Waals surface area contributed by atoms with Crippen molar-refractivity contribution in [1.29, 1.82) is 0 Å². The Morgan fingerprint density at radius 3 is 2.20 bits per heavy atom. The van der Waals surface area contributed by atoms with E-state index >= 15 is 0 Å². The lowest BCUT2D eigenvalue weighted by atomic mass is 10.3. The highest BCUT2D eigenvalue weighted by molar-refractivity contribution is 8.13. The summed E-state index contributed by atoms with van der Waals surface area (Å²) < 4.78 is 64.7. The minimum Gasteiger partial charge on any atom is -0.493 e. The average Bonchev–Trinajstić information content (AvgIpc) is 2.09. The fraction of sp³-hybridized carbons (Fsp3) is 0.143. The second-order valence-corrected chi connectivity index (χ2v) is 4.96. The summed E-state index contributed by atoms with van der Waals surface area (Å²) in [5.74, 6) is -5.77. The molecule has 0 unspecified atom stereocenters. The van der Waals surface area contributed by atoms with Crippen molar-refractivity contribution >= 4 is 19.7 Å². The second kappa shape index (κ2) is 3.90. The molecule has 1 aromatic carbocycles. The Kier molecular flexibility index (Phi) is 3.15. The van der Waals surface area contributed by atoms with Gasteiger partial charge in [-0.2, -0.15) is 4.39 Å². The Hall–Kier alpha value is -0.950. The fourth-order valence-corrected chi connectivity index (χ4v) is 1.95. The van der Waals surface area contributed by atoms with Gasteiger partial charge in [0.2, 0.25) is 5.82 Å². The van der Waals surface area contributed by atoms with Crippen LogP contribution in [0.3, 0.4) is 0 Å². The molecule has 0 heterocycles. The zero-order chi connectivity index (χ0) is 11.8. The molecular weight excluding hydrogens is 257 g/mol. The van der Waals surface area contributed by atoms with E-state index in [1.54, 1.807) is 0 Å². The van der Waals surface area contributed by atoms with E-state index in [-0.39, 0.29) is 0 Å².